The molecule has 19 heavy (non-hydrogen) atoms. The fraction of sp³-hybridized carbons (Fsp3) is 0.583. The first-order valence-electron chi connectivity index (χ1n) is 6.04. The third kappa shape index (κ3) is 12.7. The number of aliphatic carboxylic acids is 1. The van der Waals surface area contributed by atoms with Crippen LogP contribution in [0.4, 0.5) is 4.79 Å². The molecule has 0 aliphatic heterocycles. The predicted molar refractivity (Wildman–Crippen MR) is 75.2 cm³/mol. The summed E-state index contributed by atoms with van der Waals surface area (Å²) in [6.45, 7) is 4.06. The highest BCUT2D eigenvalue weighted by Gasteiger charge is 2.07. The van der Waals surface area contributed by atoms with Crippen LogP contribution in [0.3, 0.4) is 0 Å². The minimum absolute atomic E-state index is 0.0417. The van der Waals surface area contributed by atoms with Gasteiger partial charge in [0.2, 0.25) is 5.91 Å². The van der Waals surface area contributed by atoms with E-state index in [2.05, 4.69) is 17.2 Å². The lowest BCUT2D eigenvalue weighted by Gasteiger charge is -2.06. The van der Waals surface area contributed by atoms with Gasteiger partial charge < -0.3 is 10.4 Å². The Labute approximate surface area is 117 Å². The molecule has 0 aliphatic carbocycles. The van der Waals surface area contributed by atoms with Crippen LogP contribution in [0.1, 0.15) is 25.7 Å². The molecule has 0 rings (SSSR count). The second-order valence-corrected chi connectivity index (χ2v) is 4.92. The Morgan fingerprint density at radius 3 is 2.53 bits per heavy atom. The van der Waals surface area contributed by atoms with E-state index in [-0.39, 0.29) is 18.7 Å². The lowest BCUT2D eigenvalue weighted by molar-refractivity contribution is -0.137. The van der Waals surface area contributed by atoms with Gasteiger partial charge in [-0.1, -0.05) is 6.08 Å². The molecule has 0 unspecified atom stereocenters. The van der Waals surface area contributed by atoms with Crippen LogP contribution < -0.4 is 10.6 Å². The highest BCUT2D eigenvalue weighted by Crippen LogP contribution is 1.99. The zero-order chi connectivity index (χ0) is 14.5. The zero-order valence-electron chi connectivity index (χ0n) is 10.8. The summed E-state index contributed by atoms with van der Waals surface area (Å²) in [5.74, 6) is 0.315. The molecule has 0 radical (unpaired) electrons. The van der Waals surface area contributed by atoms with Gasteiger partial charge in [-0.25, -0.2) is 4.79 Å². The number of amides is 3. The Kier molecular flexibility index (Phi) is 10.7. The summed E-state index contributed by atoms with van der Waals surface area (Å²) in [5, 5.41) is 13.2. The highest BCUT2D eigenvalue weighted by molar-refractivity contribution is 7.99. The lowest BCUT2D eigenvalue weighted by Crippen LogP contribution is -2.40. The molecule has 0 aromatic carbocycles. The van der Waals surface area contributed by atoms with Gasteiger partial charge in [-0.2, -0.15) is 11.8 Å². The number of imide groups is 1. The fourth-order valence-electron chi connectivity index (χ4n) is 1.20. The van der Waals surface area contributed by atoms with E-state index in [9.17, 15) is 14.4 Å². The van der Waals surface area contributed by atoms with Gasteiger partial charge in [0.15, 0.2) is 0 Å². The van der Waals surface area contributed by atoms with Crippen molar-refractivity contribution in [2.75, 3.05) is 18.1 Å². The van der Waals surface area contributed by atoms with E-state index in [4.69, 9.17) is 5.11 Å². The number of rotatable bonds is 10. The molecule has 3 amide bonds. The highest BCUT2D eigenvalue weighted by atomic mass is 32.2. The normalized spacial score (nSPS) is 9.68. The molecule has 0 heterocycles. The molecule has 0 aromatic rings. The molecular weight excluding hydrogens is 268 g/mol. The molecule has 6 nitrogen and oxygen atoms in total. The Morgan fingerprint density at radius 2 is 1.89 bits per heavy atom. The lowest BCUT2D eigenvalue weighted by atomic mass is 10.2. The molecule has 0 aliphatic rings. The van der Waals surface area contributed by atoms with Crippen LogP contribution in [-0.2, 0) is 9.59 Å². The number of thioether (sulfide) groups is 1. The van der Waals surface area contributed by atoms with Gasteiger partial charge >= 0.3 is 12.0 Å². The Hall–Kier alpha value is -1.50. The van der Waals surface area contributed by atoms with Crippen LogP contribution in [0.5, 0.6) is 0 Å². The molecule has 7 heteroatoms. The van der Waals surface area contributed by atoms with E-state index >= 15 is 0 Å². The number of unbranched alkanes of at least 4 members (excludes halogenated alkanes) is 1. The number of urea groups is 1. The second kappa shape index (κ2) is 11.6. The van der Waals surface area contributed by atoms with Crippen molar-refractivity contribution in [2.45, 2.75) is 25.7 Å². The smallest absolute Gasteiger partial charge is 0.321 e. The Bertz CT molecular complexity index is 321. The maximum atomic E-state index is 11.3. The van der Waals surface area contributed by atoms with Crippen molar-refractivity contribution in [3.63, 3.8) is 0 Å². The predicted octanol–water partition coefficient (Wildman–Crippen LogP) is 1.38. The van der Waals surface area contributed by atoms with Crippen LogP contribution in [0.25, 0.3) is 0 Å². The van der Waals surface area contributed by atoms with Gasteiger partial charge in [0, 0.05) is 30.9 Å². The van der Waals surface area contributed by atoms with Gasteiger partial charge in [0.05, 0.1) is 0 Å². The molecule has 3 N–H and O–H groups in total. The van der Waals surface area contributed by atoms with Crippen LogP contribution in [0.15, 0.2) is 12.7 Å². The van der Waals surface area contributed by atoms with Gasteiger partial charge in [-0.3, -0.25) is 14.9 Å². The standard InChI is InChI=1S/C12H20N2O4S/c1-2-8-19-9-7-13-12(18)14-10(15)5-3-4-6-11(16)17/h2H,1,3-9H2,(H,16,17)(H2,13,14,15,18). The van der Waals surface area contributed by atoms with Crippen molar-refractivity contribution in [3.8, 4) is 0 Å². The summed E-state index contributed by atoms with van der Waals surface area (Å²) in [5.41, 5.74) is 0. The number of carbonyl (C=O) groups is 3. The molecule has 0 aromatic heterocycles. The van der Waals surface area contributed by atoms with E-state index in [1.807, 2.05) is 0 Å². The maximum absolute atomic E-state index is 11.3. The van der Waals surface area contributed by atoms with Crippen LogP contribution in [0.2, 0.25) is 0 Å². The van der Waals surface area contributed by atoms with Gasteiger partial charge in [0.25, 0.3) is 0 Å². The van der Waals surface area contributed by atoms with Gasteiger partial charge in [-0.05, 0) is 12.8 Å². The van der Waals surface area contributed by atoms with Crippen molar-refractivity contribution >= 4 is 29.7 Å². The number of carboxylic acid groups (broad SMARTS) is 1. The first kappa shape index (κ1) is 17.5. The molecule has 0 saturated heterocycles. The summed E-state index contributed by atoms with van der Waals surface area (Å²) in [6, 6.07) is -0.512. The topological polar surface area (TPSA) is 95.5 Å². The van der Waals surface area contributed by atoms with Crippen molar-refractivity contribution in [1.82, 2.24) is 10.6 Å². The van der Waals surface area contributed by atoms with Crippen LogP contribution in [-0.4, -0.2) is 41.1 Å². The monoisotopic (exact) mass is 288 g/mol. The average Bonchev–Trinajstić information content (AvgIpc) is 2.34. The SMILES string of the molecule is C=CCSCCNC(=O)NC(=O)CCCCC(=O)O. The number of carbonyl (C=O) groups excluding carboxylic acids is 2. The molecule has 0 saturated carbocycles. The summed E-state index contributed by atoms with van der Waals surface area (Å²) >= 11 is 1.63. The molecule has 108 valence electrons. The third-order valence-electron chi connectivity index (χ3n) is 2.07. The average molecular weight is 288 g/mol. The third-order valence-corrected chi connectivity index (χ3v) is 3.03. The van der Waals surface area contributed by atoms with Crippen molar-refractivity contribution < 1.29 is 19.5 Å². The summed E-state index contributed by atoms with van der Waals surface area (Å²) < 4.78 is 0. The van der Waals surface area contributed by atoms with Crippen molar-refractivity contribution in [3.05, 3.63) is 12.7 Å². The Balaban J connectivity index is 3.50. The first-order valence-corrected chi connectivity index (χ1v) is 7.20. The van der Waals surface area contributed by atoms with E-state index < -0.39 is 12.0 Å². The first-order chi connectivity index (χ1) is 9.06. The zero-order valence-corrected chi connectivity index (χ0v) is 11.6. The summed E-state index contributed by atoms with van der Waals surface area (Å²) in [7, 11) is 0. The van der Waals surface area contributed by atoms with Gasteiger partial charge in [0.1, 0.15) is 0 Å². The number of hydrogen-bond donors (Lipinski definition) is 3. The minimum Gasteiger partial charge on any atom is -0.481 e. The fourth-order valence-corrected chi connectivity index (χ4v) is 1.78. The summed E-state index contributed by atoms with van der Waals surface area (Å²) in [4.78, 5) is 32.8. The van der Waals surface area contributed by atoms with Crippen molar-refractivity contribution in [2.24, 2.45) is 0 Å². The molecular formula is C12H20N2O4S. The number of nitrogens with one attached hydrogen (secondary N) is 2. The summed E-state index contributed by atoms with van der Waals surface area (Å²) in [6.07, 6.45) is 2.88. The Morgan fingerprint density at radius 1 is 1.21 bits per heavy atom. The minimum atomic E-state index is -0.879. The van der Waals surface area contributed by atoms with E-state index in [0.717, 1.165) is 11.5 Å². The largest absolute Gasteiger partial charge is 0.481 e. The van der Waals surface area contributed by atoms with Crippen molar-refractivity contribution in [1.29, 1.82) is 0 Å². The molecule has 0 atom stereocenters. The molecule has 0 bridgehead atoms. The quantitative estimate of drug-likeness (QED) is 0.417. The van der Waals surface area contributed by atoms with Crippen LogP contribution >= 0.6 is 11.8 Å². The maximum Gasteiger partial charge on any atom is 0.321 e. The van der Waals surface area contributed by atoms with E-state index in [0.29, 0.717) is 19.4 Å². The molecule has 0 fully saturated rings. The van der Waals surface area contributed by atoms with Gasteiger partial charge in [-0.15, -0.1) is 6.58 Å². The molecule has 0 spiro atoms. The number of carboxylic acids is 1. The van der Waals surface area contributed by atoms with Crippen LogP contribution in [0, 0.1) is 0 Å². The van der Waals surface area contributed by atoms with E-state index in [1.165, 1.54) is 0 Å². The second-order valence-electron chi connectivity index (χ2n) is 3.77. The number of hydrogen-bond acceptors (Lipinski definition) is 4. The van der Waals surface area contributed by atoms with E-state index in [1.54, 1.807) is 17.8 Å².